The van der Waals surface area contributed by atoms with Crippen molar-refractivity contribution in [2.75, 3.05) is 0 Å². The molecular formula is C21H36NO2+. The smallest absolute Gasteiger partial charge is 0.336 e. The first-order valence-electron chi connectivity index (χ1n) is 9.79. The number of aromatic nitrogens is 1. The van der Waals surface area contributed by atoms with E-state index in [1.54, 1.807) is 6.07 Å². The Morgan fingerprint density at radius 2 is 1.46 bits per heavy atom. The molecule has 0 spiro atoms. The summed E-state index contributed by atoms with van der Waals surface area (Å²) in [6.45, 7) is 4.27. The number of carboxylic acids is 1. The van der Waals surface area contributed by atoms with E-state index >= 15 is 0 Å². The molecule has 0 atom stereocenters. The molecule has 3 nitrogen and oxygen atoms in total. The highest BCUT2D eigenvalue weighted by Gasteiger charge is 2.17. The van der Waals surface area contributed by atoms with Crippen LogP contribution >= 0.6 is 0 Å². The van der Waals surface area contributed by atoms with E-state index in [-0.39, 0.29) is 0 Å². The highest BCUT2D eigenvalue weighted by atomic mass is 16.4. The molecule has 0 amide bonds. The van der Waals surface area contributed by atoms with Crippen molar-refractivity contribution in [3.05, 3.63) is 29.1 Å². The van der Waals surface area contributed by atoms with Gasteiger partial charge in [0.1, 0.15) is 7.05 Å². The van der Waals surface area contributed by atoms with Crippen LogP contribution in [0.1, 0.15) is 99.2 Å². The lowest BCUT2D eigenvalue weighted by atomic mass is 9.99. The van der Waals surface area contributed by atoms with Gasteiger partial charge in [0, 0.05) is 18.6 Å². The molecular weight excluding hydrogens is 298 g/mol. The van der Waals surface area contributed by atoms with Crippen molar-refractivity contribution in [3.8, 4) is 0 Å². The van der Waals surface area contributed by atoms with Crippen LogP contribution in [0, 0.1) is 6.92 Å². The molecule has 1 rings (SSSR count). The Labute approximate surface area is 148 Å². The summed E-state index contributed by atoms with van der Waals surface area (Å²) >= 11 is 0. The molecule has 1 aromatic heterocycles. The quantitative estimate of drug-likeness (QED) is 0.389. The highest BCUT2D eigenvalue weighted by molar-refractivity contribution is 5.89. The van der Waals surface area contributed by atoms with Crippen molar-refractivity contribution < 1.29 is 14.5 Å². The second kappa shape index (κ2) is 12.0. The number of hydrogen-bond donors (Lipinski definition) is 1. The molecule has 1 aromatic rings. The third kappa shape index (κ3) is 7.46. The van der Waals surface area contributed by atoms with Crippen LogP contribution in [0.5, 0.6) is 0 Å². The Bertz CT molecular complexity index is 497. The third-order valence-corrected chi connectivity index (χ3v) is 5.02. The lowest BCUT2D eigenvalue weighted by Crippen LogP contribution is -2.33. The van der Waals surface area contributed by atoms with Crippen LogP contribution < -0.4 is 4.57 Å². The zero-order valence-electron chi connectivity index (χ0n) is 15.9. The number of carbonyl (C=O) groups is 1. The first-order chi connectivity index (χ1) is 11.6. The number of aromatic carboxylic acids is 1. The lowest BCUT2D eigenvalue weighted by Gasteiger charge is -2.08. The number of carboxylic acid groups (broad SMARTS) is 1. The van der Waals surface area contributed by atoms with Crippen molar-refractivity contribution in [1.29, 1.82) is 0 Å². The predicted octanol–water partition coefficient (Wildman–Crippen LogP) is 5.37. The van der Waals surface area contributed by atoms with Crippen molar-refractivity contribution in [2.24, 2.45) is 7.05 Å². The molecule has 1 heterocycles. The predicted molar refractivity (Wildman–Crippen MR) is 99.5 cm³/mol. The largest absolute Gasteiger partial charge is 0.478 e. The molecule has 0 fully saturated rings. The summed E-state index contributed by atoms with van der Waals surface area (Å²) in [5, 5.41) is 9.35. The molecule has 0 aromatic carbocycles. The maximum Gasteiger partial charge on any atom is 0.336 e. The Hall–Kier alpha value is -1.38. The van der Waals surface area contributed by atoms with Crippen molar-refractivity contribution >= 4 is 5.97 Å². The van der Waals surface area contributed by atoms with Crippen LogP contribution in [0.3, 0.4) is 0 Å². The van der Waals surface area contributed by atoms with Crippen LogP contribution in [-0.2, 0) is 13.5 Å². The Morgan fingerprint density at radius 3 is 1.96 bits per heavy atom. The van der Waals surface area contributed by atoms with E-state index in [0.717, 1.165) is 24.1 Å². The second-order valence-corrected chi connectivity index (χ2v) is 6.99. The summed E-state index contributed by atoms with van der Waals surface area (Å²) in [5.74, 6) is -0.809. The van der Waals surface area contributed by atoms with E-state index in [2.05, 4.69) is 6.92 Å². The van der Waals surface area contributed by atoms with Gasteiger partial charge in [-0.2, -0.15) is 0 Å². The maximum absolute atomic E-state index is 11.4. The van der Waals surface area contributed by atoms with Crippen LogP contribution in [0.2, 0.25) is 0 Å². The van der Waals surface area contributed by atoms with Gasteiger partial charge in [0.2, 0.25) is 0 Å². The van der Waals surface area contributed by atoms with Gasteiger partial charge < -0.3 is 5.11 Å². The molecule has 0 aliphatic heterocycles. The van der Waals surface area contributed by atoms with Gasteiger partial charge in [-0.1, -0.05) is 71.1 Å². The number of hydrogen-bond acceptors (Lipinski definition) is 1. The fourth-order valence-electron chi connectivity index (χ4n) is 3.29. The number of pyridine rings is 1. The van der Waals surface area contributed by atoms with Crippen molar-refractivity contribution in [2.45, 2.75) is 90.9 Å². The standard InChI is InChI=1S/C21H35NO2/c1-4-5-6-7-8-9-10-11-12-13-14-15-19-18(2)22(3)17-16-20(19)21(23)24/h16-17H,4-15H2,1-3H3/p+1. The first kappa shape index (κ1) is 20.7. The van der Waals surface area contributed by atoms with Crippen molar-refractivity contribution in [3.63, 3.8) is 0 Å². The number of aryl methyl sites for hydroxylation is 1. The maximum atomic E-state index is 11.4. The SMILES string of the molecule is CCCCCCCCCCCCCc1c(C(=O)O)cc[n+](C)c1C. The number of rotatable bonds is 13. The molecule has 0 saturated heterocycles. The van der Waals surface area contributed by atoms with Gasteiger partial charge in [-0.3, -0.25) is 0 Å². The molecule has 3 heteroatoms. The number of unbranched alkanes of at least 4 members (excludes halogenated alkanes) is 10. The van der Waals surface area contributed by atoms with Crippen LogP contribution in [0.15, 0.2) is 12.3 Å². The van der Waals surface area contributed by atoms with Gasteiger partial charge in [-0.05, 0) is 12.8 Å². The topological polar surface area (TPSA) is 41.2 Å². The van der Waals surface area contributed by atoms with Gasteiger partial charge in [0.25, 0.3) is 0 Å². The van der Waals surface area contributed by atoms with E-state index in [9.17, 15) is 9.90 Å². The molecule has 0 aliphatic carbocycles. The average molecular weight is 335 g/mol. The molecule has 136 valence electrons. The lowest BCUT2D eigenvalue weighted by molar-refractivity contribution is -0.678. The zero-order valence-corrected chi connectivity index (χ0v) is 15.9. The Balaban J connectivity index is 2.20. The van der Waals surface area contributed by atoms with Gasteiger partial charge in [0.05, 0.1) is 5.56 Å². The van der Waals surface area contributed by atoms with Crippen molar-refractivity contribution in [1.82, 2.24) is 0 Å². The molecule has 24 heavy (non-hydrogen) atoms. The fourth-order valence-corrected chi connectivity index (χ4v) is 3.29. The fraction of sp³-hybridized carbons (Fsp3) is 0.714. The van der Waals surface area contributed by atoms with Crippen LogP contribution in [0.4, 0.5) is 0 Å². The second-order valence-electron chi connectivity index (χ2n) is 6.99. The molecule has 0 unspecified atom stereocenters. The first-order valence-corrected chi connectivity index (χ1v) is 9.79. The van der Waals surface area contributed by atoms with Gasteiger partial charge in [0.15, 0.2) is 11.9 Å². The summed E-state index contributed by atoms with van der Waals surface area (Å²) in [7, 11) is 1.98. The highest BCUT2D eigenvalue weighted by Crippen LogP contribution is 2.16. The minimum Gasteiger partial charge on any atom is -0.478 e. The summed E-state index contributed by atoms with van der Waals surface area (Å²) in [4.78, 5) is 11.4. The minimum atomic E-state index is -0.809. The van der Waals surface area contributed by atoms with Gasteiger partial charge in [-0.15, -0.1) is 0 Å². The Kier molecular flexibility index (Phi) is 10.4. The van der Waals surface area contributed by atoms with Gasteiger partial charge in [-0.25, -0.2) is 9.36 Å². The third-order valence-electron chi connectivity index (χ3n) is 5.02. The van der Waals surface area contributed by atoms with Gasteiger partial charge >= 0.3 is 5.97 Å². The summed E-state index contributed by atoms with van der Waals surface area (Å²) in [6, 6.07) is 1.73. The molecule has 0 saturated carbocycles. The molecule has 0 radical (unpaired) electrons. The average Bonchev–Trinajstić information content (AvgIpc) is 2.56. The van der Waals surface area contributed by atoms with E-state index in [4.69, 9.17) is 0 Å². The normalized spacial score (nSPS) is 11.0. The number of nitrogens with zero attached hydrogens (tertiary/aromatic N) is 1. The Morgan fingerprint density at radius 1 is 0.958 bits per heavy atom. The monoisotopic (exact) mass is 334 g/mol. The van der Waals surface area contributed by atoms with Crippen LogP contribution in [-0.4, -0.2) is 11.1 Å². The zero-order chi connectivity index (χ0) is 17.8. The van der Waals surface area contributed by atoms with E-state index in [1.165, 1.54) is 64.2 Å². The summed E-state index contributed by atoms with van der Waals surface area (Å²) in [6.07, 6.45) is 17.2. The summed E-state index contributed by atoms with van der Waals surface area (Å²) < 4.78 is 2.01. The van der Waals surface area contributed by atoms with E-state index < -0.39 is 5.97 Å². The molecule has 0 aliphatic rings. The van der Waals surface area contributed by atoms with E-state index in [0.29, 0.717) is 5.56 Å². The molecule has 0 bridgehead atoms. The minimum absolute atomic E-state index is 0.470. The molecule has 1 N–H and O–H groups in total. The van der Waals surface area contributed by atoms with E-state index in [1.807, 2.05) is 24.7 Å². The summed E-state index contributed by atoms with van der Waals surface area (Å²) in [5.41, 5.74) is 2.54. The van der Waals surface area contributed by atoms with Crippen LogP contribution in [0.25, 0.3) is 0 Å².